The number of benzene rings is 1. The van der Waals surface area contributed by atoms with Crippen LogP contribution in [0.25, 0.3) is 10.9 Å². The molecule has 1 amide bonds. The van der Waals surface area contributed by atoms with E-state index in [1.165, 1.54) is 24.2 Å². The zero-order valence-corrected chi connectivity index (χ0v) is 18.1. The van der Waals surface area contributed by atoms with Gasteiger partial charge in [0.15, 0.2) is 0 Å². The van der Waals surface area contributed by atoms with Crippen molar-refractivity contribution in [2.24, 2.45) is 5.92 Å². The smallest absolute Gasteiger partial charge is 0.265 e. The molecule has 0 radical (unpaired) electrons. The lowest BCUT2D eigenvalue weighted by Gasteiger charge is -2.36. The Labute approximate surface area is 179 Å². The van der Waals surface area contributed by atoms with Gasteiger partial charge in [0.05, 0.1) is 27.9 Å². The summed E-state index contributed by atoms with van der Waals surface area (Å²) in [5.41, 5.74) is 2.65. The van der Waals surface area contributed by atoms with Crippen LogP contribution >= 0.6 is 11.3 Å². The minimum atomic E-state index is 0.0455. The lowest BCUT2D eigenvalue weighted by Crippen LogP contribution is -2.48. The Kier molecular flexibility index (Phi) is 4.81. The van der Waals surface area contributed by atoms with E-state index in [1.54, 1.807) is 10.9 Å². The maximum absolute atomic E-state index is 12.8. The van der Waals surface area contributed by atoms with Crippen molar-refractivity contribution in [2.75, 3.05) is 31.1 Å². The first-order valence-electron chi connectivity index (χ1n) is 10.5. The molecule has 30 heavy (non-hydrogen) atoms. The Balaban J connectivity index is 1.30. The number of nitrogens with zero attached hydrogens (tertiary/aromatic N) is 5. The van der Waals surface area contributed by atoms with Crippen LogP contribution in [0.15, 0.2) is 29.3 Å². The summed E-state index contributed by atoms with van der Waals surface area (Å²) in [4.78, 5) is 39.4. The maximum Gasteiger partial charge on any atom is 0.265 e. The molecule has 7 nitrogen and oxygen atoms in total. The Morgan fingerprint density at radius 1 is 1.17 bits per heavy atom. The predicted molar refractivity (Wildman–Crippen MR) is 118 cm³/mol. The summed E-state index contributed by atoms with van der Waals surface area (Å²) in [6, 6.07) is 5.89. The quantitative estimate of drug-likeness (QED) is 0.645. The maximum atomic E-state index is 12.8. The number of thiazole rings is 1. The molecule has 5 rings (SSSR count). The molecule has 0 atom stereocenters. The summed E-state index contributed by atoms with van der Waals surface area (Å²) in [6.07, 6.45) is 4.10. The van der Waals surface area contributed by atoms with Crippen molar-refractivity contribution in [1.29, 1.82) is 0 Å². The topological polar surface area (TPSA) is 71.3 Å². The van der Waals surface area contributed by atoms with Gasteiger partial charge in [0.25, 0.3) is 11.5 Å². The largest absolute Gasteiger partial charge is 0.368 e. The standard InChI is InChI=1S/C22H25N5O2S/c1-14-20(30-15(2)24-14)22(29)26-9-7-25(8-10-26)17-5-6-18-19(11-17)23-13-27(21(18)28)12-16-3-4-16/h5-6,11,13,16H,3-4,7-10,12H2,1-2H3. The van der Waals surface area contributed by atoms with E-state index in [9.17, 15) is 9.59 Å². The fraction of sp³-hybridized carbons (Fsp3) is 0.455. The second-order valence-electron chi connectivity index (χ2n) is 8.27. The van der Waals surface area contributed by atoms with Crippen LogP contribution < -0.4 is 10.5 Å². The van der Waals surface area contributed by atoms with E-state index in [0.717, 1.165) is 46.4 Å². The molecule has 3 heterocycles. The molecule has 3 aromatic rings. The summed E-state index contributed by atoms with van der Waals surface area (Å²) in [5, 5.41) is 1.60. The minimum Gasteiger partial charge on any atom is -0.368 e. The number of piperazine rings is 1. The van der Waals surface area contributed by atoms with E-state index in [2.05, 4.69) is 14.9 Å². The molecular weight excluding hydrogens is 398 g/mol. The number of fused-ring (bicyclic) bond motifs is 1. The van der Waals surface area contributed by atoms with Crippen LogP contribution in [0.2, 0.25) is 0 Å². The molecule has 156 valence electrons. The van der Waals surface area contributed by atoms with Crippen LogP contribution in [0.3, 0.4) is 0 Å². The molecule has 2 aromatic heterocycles. The van der Waals surface area contributed by atoms with Crippen molar-refractivity contribution in [1.82, 2.24) is 19.4 Å². The second-order valence-corrected chi connectivity index (χ2v) is 9.48. The van der Waals surface area contributed by atoms with E-state index in [1.807, 2.05) is 36.9 Å². The molecule has 0 unspecified atom stereocenters. The molecular formula is C22H25N5O2S. The van der Waals surface area contributed by atoms with Gasteiger partial charge in [-0.3, -0.25) is 14.2 Å². The minimum absolute atomic E-state index is 0.0455. The van der Waals surface area contributed by atoms with E-state index in [0.29, 0.717) is 24.4 Å². The van der Waals surface area contributed by atoms with Crippen LogP contribution in [-0.2, 0) is 6.54 Å². The van der Waals surface area contributed by atoms with Crippen molar-refractivity contribution < 1.29 is 4.79 Å². The first-order valence-corrected chi connectivity index (χ1v) is 11.3. The van der Waals surface area contributed by atoms with Crippen molar-refractivity contribution >= 4 is 33.8 Å². The summed E-state index contributed by atoms with van der Waals surface area (Å²) in [6.45, 7) is 7.46. The Bertz CT molecular complexity index is 1170. The lowest BCUT2D eigenvalue weighted by atomic mass is 10.2. The fourth-order valence-electron chi connectivity index (χ4n) is 4.09. The van der Waals surface area contributed by atoms with Crippen molar-refractivity contribution in [3.8, 4) is 0 Å². The highest BCUT2D eigenvalue weighted by Gasteiger charge is 2.26. The predicted octanol–water partition coefficient (Wildman–Crippen LogP) is 2.84. The highest BCUT2D eigenvalue weighted by atomic mass is 32.1. The first-order chi connectivity index (χ1) is 14.5. The molecule has 2 aliphatic rings. The number of rotatable bonds is 4. The molecule has 2 fully saturated rings. The number of hydrogen-bond acceptors (Lipinski definition) is 6. The number of amides is 1. The number of carbonyl (C=O) groups is 1. The molecule has 1 aliphatic heterocycles. The van der Waals surface area contributed by atoms with Gasteiger partial charge in [-0.25, -0.2) is 9.97 Å². The summed E-state index contributed by atoms with van der Waals surface area (Å²) < 4.78 is 1.74. The highest BCUT2D eigenvalue weighted by molar-refractivity contribution is 7.13. The first kappa shape index (κ1) is 19.2. The third-order valence-electron chi connectivity index (χ3n) is 5.99. The Morgan fingerprint density at radius 3 is 2.60 bits per heavy atom. The summed E-state index contributed by atoms with van der Waals surface area (Å²) in [7, 11) is 0. The van der Waals surface area contributed by atoms with Crippen molar-refractivity contribution in [2.45, 2.75) is 33.2 Å². The van der Waals surface area contributed by atoms with E-state index in [-0.39, 0.29) is 11.5 Å². The Morgan fingerprint density at radius 2 is 1.93 bits per heavy atom. The fourth-order valence-corrected chi connectivity index (χ4v) is 4.98. The average molecular weight is 424 g/mol. The number of aryl methyl sites for hydroxylation is 2. The van der Waals surface area contributed by atoms with Crippen LogP contribution in [0.1, 0.15) is 33.2 Å². The molecule has 1 aromatic carbocycles. The number of hydrogen-bond donors (Lipinski definition) is 0. The van der Waals surface area contributed by atoms with E-state index >= 15 is 0 Å². The number of aromatic nitrogens is 3. The zero-order valence-electron chi connectivity index (χ0n) is 17.3. The second kappa shape index (κ2) is 7.50. The van der Waals surface area contributed by atoms with Gasteiger partial charge in [-0.1, -0.05) is 0 Å². The van der Waals surface area contributed by atoms with Gasteiger partial charge in [-0.05, 0) is 50.8 Å². The van der Waals surface area contributed by atoms with Gasteiger partial charge in [0.2, 0.25) is 0 Å². The number of carbonyl (C=O) groups excluding carboxylic acids is 1. The van der Waals surface area contributed by atoms with Crippen LogP contribution in [0.4, 0.5) is 5.69 Å². The van der Waals surface area contributed by atoms with Crippen LogP contribution in [0, 0.1) is 19.8 Å². The lowest BCUT2D eigenvalue weighted by molar-refractivity contribution is 0.0750. The normalized spacial score (nSPS) is 17.0. The molecule has 0 spiro atoms. The third-order valence-corrected chi connectivity index (χ3v) is 7.05. The molecule has 0 bridgehead atoms. The summed E-state index contributed by atoms with van der Waals surface area (Å²) in [5.74, 6) is 0.715. The monoisotopic (exact) mass is 423 g/mol. The third kappa shape index (κ3) is 3.60. The van der Waals surface area contributed by atoms with Gasteiger partial charge < -0.3 is 9.80 Å². The summed E-state index contributed by atoms with van der Waals surface area (Å²) >= 11 is 1.47. The zero-order chi connectivity index (χ0) is 20.8. The highest BCUT2D eigenvalue weighted by Crippen LogP contribution is 2.30. The molecule has 1 saturated carbocycles. The van der Waals surface area contributed by atoms with Gasteiger partial charge in [-0.2, -0.15) is 0 Å². The van der Waals surface area contributed by atoms with Crippen molar-refractivity contribution in [3.63, 3.8) is 0 Å². The number of anilines is 1. The van der Waals surface area contributed by atoms with Crippen LogP contribution in [-0.4, -0.2) is 51.5 Å². The Hall–Kier alpha value is -2.74. The van der Waals surface area contributed by atoms with Crippen LogP contribution in [0.5, 0.6) is 0 Å². The molecule has 1 aliphatic carbocycles. The molecule has 8 heteroatoms. The van der Waals surface area contributed by atoms with Gasteiger partial charge in [0, 0.05) is 38.4 Å². The van der Waals surface area contributed by atoms with Gasteiger partial charge >= 0.3 is 0 Å². The van der Waals surface area contributed by atoms with Gasteiger partial charge in [0.1, 0.15) is 4.88 Å². The molecule has 0 N–H and O–H groups in total. The van der Waals surface area contributed by atoms with E-state index < -0.39 is 0 Å². The van der Waals surface area contributed by atoms with Gasteiger partial charge in [-0.15, -0.1) is 11.3 Å². The average Bonchev–Trinajstić information content (AvgIpc) is 3.51. The van der Waals surface area contributed by atoms with E-state index in [4.69, 9.17) is 0 Å². The SMILES string of the molecule is Cc1nc(C)c(C(=O)N2CCN(c3ccc4c(=O)n(CC5CC5)cnc4c3)CC2)s1. The van der Waals surface area contributed by atoms with Crippen molar-refractivity contribution in [3.05, 3.63) is 50.5 Å². The molecule has 1 saturated heterocycles.